The van der Waals surface area contributed by atoms with Gasteiger partial charge < -0.3 is 5.32 Å². The quantitative estimate of drug-likeness (QED) is 0.750. The van der Waals surface area contributed by atoms with Crippen LogP contribution in [0.2, 0.25) is 0 Å². The molecule has 1 aromatic rings. The van der Waals surface area contributed by atoms with Crippen molar-refractivity contribution in [2.24, 2.45) is 0 Å². The molecule has 1 rings (SSSR count). The van der Waals surface area contributed by atoms with E-state index in [0.717, 1.165) is 24.8 Å². The lowest BCUT2D eigenvalue weighted by atomic mass is 10.1. The van der Waals surface area contributed by atoms with Crippen LogP contribution in [0.5, 0.6) is 0 Å². The number of rotatable bonds is 7. The Kier molecular flexibility index (Phi) is 6.56. The molecule has 0 fully saturated rings. The second-order valence-electron chi connectivity index (χ2n) is 4.40. The van der Waals surface area contributed by atoms with Crippen LogP contribution >= 0.6 is 0 Å². The van der Waals surface area contributed by atoms with Crippen LogP contribution in [0.1, 0.15) is 38.2 Å². The van der Waals surface area contributed by atoms with Crippen LogP contribution in [0.25, 0.3) is 0 Å². The molecule has 0 aliphatic rings. The van der Waals surface area contributed by atoms with E-state index in [1.807, 2.05) is 30.3 Å². The Bertz CT molecular complexity index is 395. The first-order valence-electron chi connectivity index (χ1n) is 6.49. The first kappa shape index (κ1) is 14.2. The number of nitrogens with one attached hydrogen (secondary N) is 1. The van der Waals surface area contributed by atoms with Crippen LogP contribution in [-0.4, -0.2) is 11.9 Å². The maximum Gasteiger partial charge on any atom is 0.221 e. The van der Waals surface area contributed by atoms with Gasteiger partial charge in [-0.2, -0.15) is 5.26 Å². The van der Waals surface area contributed by atoms with Crippen molar-refractivity contribution in [2.75, 3.05) is 0 Å². The van der Waals surface area contributed by atoms with Gasteiger partial charge in [-0.05, 0) is 12.0 Å². The van der Waals surface area contributed by atoms with Gasteiger partial charge in [0.2, 0.25) is 5.91 Å². The maximum absolute atomic E-state index is 11.6. The number of hydrogen-bond acceptors (Lipinski definition) is 2. The highest BCUT2D eigenvalue weighted by atomic mass is 16.1. The average Bonchev–Trinajstić information content (AvgIpc) is 2.39. The van der Waals surface area contributed by atoms with E-state index in [0.29, 0.717) is 12.8 Å². The largest absolute Gasteiger partial charge is 0.340 e. The fourth-order valence-corrected chi connectivity index (χ4v) is 1.78. The topological polar surface area (TPSA) is 52.9 Å². The van der Waals surface area contributed by atoms with Gasteiger partial charge in [-0.15, -0.1) is 0 Å². The van der Waals surface area contributed by atoms with E-state index in [-0.39, 0.29) is 5.91 Å². The summed E-state index contributed by atoms with van der Waals surface area (Å²) in [4.78, 5) is 11.6. The van der Waals surface area contributed by atoms with Crippen molar-refractivity contribution in [1.29, 1.82) is 5.26 Å². The Balaban J connectivity index is 2.38. The zero-order chi connectivity index (χ0) is 13.2. The molecule has 1 atom stereocenters. The lowest BCUT2D eigenvalue weighted by Crippen LogP contribution is -2.35. The van der Waals surface area contributed by atoms with Crippen LogP contribution in [0, 0.1) is 11.3 Å². The monoisotopic (exact) mass is 244 g/mol. The highest BCUT2D eigenvalue weighted by Crippen LogP contribution is 2.04. The van der Waals surface area contributed by atoms with Crippen molar-refractivity contribution in [3.63, 3.8) is 0 Å². The molecule has 0 radical (unpaired) electrons. The first-order valence-corrected chi connectivity index (χ1v) is 6.49. The molecule has 0 aliphatic heterocycles. The molecule has 1 aromatic carbocycles. The minimum Gasteiger partial charge on any atom is -0.340 e. The van der Waals surface area contributed by atoms with Crippen molar-refractivity contribution in [3.05, 3.63) is 35.9 Å². The number of benzene rings is 1. The summed E-state index contributed by atoms with van der Waals surface area (Å²) in [6, 6.07) is 11.5. The third-order valence-electron chi connectivity index (χ3n) is 2.78. The number of nitrogens with zero attached hydrogens (tertiary/aromatic N) is 1. The van der Waals surface area contributed by atoms with Gasteiger partial charge in [-0.1, -0.05) is 50.1 Å². The number of amides is 1. The zero-order valence-electron chi connectivity index (χ0n) is 10.9. The molecule has 1 amide bonds. The summed E-state index contributed by atoms with van der Waals surface area (Å²) >= 11 is 0. The molecule has 0 saturated heterocycles. The highest BCUT2D eigenvalue weighted by Gasteiger charge is 2.11. The molecule has 1 N–H and O–H groups in total. The smallest absolute Gasteiger partial charge is 0.221 e. The molecule has 0 aromatic heterocycles. The number of nitriles is 1. The number of unbranched alkanes of at least 4 members (excludes halogenated alkanes) is 2. The molecule has 0 aliphatic carbocycles. The predicted octanol–water partition coefficient (Wildman–Crippen LogP) is 2.82. The summed E-state index contributed by atoms with van der Waals surface area (Å²) in [7, 11) is 0. The van der Waals surface area contributed by atoms with E-state index in [4.69, 9.17) is 5.26 Å². The standard InChI is InChI=1S/C15H20N2O/c1-2-3-5-10-15(18)17-14(12-16)11-13-8-6-4-7-9-13/h4,6-9,14H,2-3,5,10-11H2,1H3,(H,17,18). The Morgan fingerprint density at radius 2 is 2.06 bits per heavy atom. The van der Waals surface area contributed by atoms with Gasteiger partial charge >= 0.3 is 0 Å². The molecule has 0 heterocycles. The molecular formula is C15H20N2O. The number of hydrogen-bond donors (Lipinski definition) is 1. The predicted molar refractivity (Wildman–Crippen MR) is 71.8 cm³/mol. The first-order chi connectivity index (χ1) is 8.76. The van der Waals surface area contributed by atoms with Crippen LogP contribution in [-0.2, 0) is 11.2 Å². The zero-order valence-corrected chi connectivity index (χ0v) is 10.9. The normalized spacial score (nSPS) is 11.6. The summed E-state index contributed by atoms with van der Waals surface area (Å²) < 4.78 is 0. The SMILES string of the molecule is CCCCCC(=O)NC(C#N)Cc1ccccc1. The van der Waals surface area contributed by atoms with Gasteiger partial charge in [0.25, 0.3) is 0 Å². The third-order valence-corrected chi connectivity index (χ3v) is 2.78. The van der Waals surface area contributed by atoms with Gasteiger partial charge in [0.15, 0.2) is 0 Å². The average molecular weight is 244 g/mol. The van der Waals surface area contributed by atoms with Gasteiger partial charge in [0.05, 0.1) is 6.07 Å². The van der Waals surface area contributed by atoms with Crippen molar-refractivity contribution in [2.45, 2.75) is 45.1 Å². The maximum atomic E-state index is 11.6. The van der Waals surface area contributed by atoms with Crippen LogP contribution in [0.4, 0.5) is 0 Å². The van der Waals surface area contributed by atoms with E-state index in [9.17, 15) is 4.79 Å². The number of carbonyl (C=O) groups excluding carboxylic acids is 1. The van der Waals surface area contributed by atoms with Gasteiger partial charge in [0.1, 0.15) is 6.04 Å². The summed E-state index contributed by atoms with van der Waals surface area (Å²) in [5.74, 6) is -0.0223. The second kappa shape index (κ2) is 8.30. The highest BCUT2D eigenvalue weighted by molar-refractivity contribution is 5.76. The Morgan fingerprint density at radius 3 is 2.67 bits per heavy atom. The second-order valence-corrected chi connectivity index (χ2v) is 4.40. The number of carbonyl (C=O) groups is 1. The summed E-state index contributed by atoms with van der Waals surface area (Å²) in [6.07, 6.45) is 4.13. The molecule has 0 spiro atoms. The molecule has 3 heteroatoms. The van der Waals surface area contributed by atoms with Crippen molar-refractivity contribution in [1.82, 2.24) is 5.32 Å². The molecule has 1 unspecified atom stereocenters. The summed E-state index contributed by atoms with van der Waals surface area (Å²) in [5, 5.41) is 11.8. The van der Waals surface area contributed by atoms with E-state index < -0.39 is 6.04 Å². The molecule has 18 heavy (non-hydrogen) atoms. The Hall–Kier alpha value is -1.82. The molecule has 0 bridgehead atoms. The molecule has 3 nitrogen and oxygen atoms in total. The van der Waals surface area contributed by atoms with E-state index in [2.05, 4.69) is 18.3 Å². The van der Waals surface area contributed by atoms with Crippen molar-refractivity contribution < 1.29 is 4.79 Å². The van der Waals surface area contributed by atoms with Crippen molar-refractivity contribution >= 4 is 5.91 Å². The Morgan fingerprint density at radius 1 is 1.33 bits per heavy atom. The van der Waals surface area contributed by atoms with Gasteiger partial charge in [-0.3, -0.25) is 4.79 Å². The summed E-state index contributed by atoms with van der Waals surface area (Å²) in [5.41, 5.74) is 1.07. The fourth-order valence-electron chi connectivity index (χ4n) is 1.78. The third kappa shape index (κ3) is 5.49. The van der Waals surface area contributed by atoms with Crippen molar-refractivity contribution in [3.8, 4) is 6.07 Å². The summed E-state index contributed by atoms with van der Waals surface area (Å²) in [6.45, 7) is 2.10. The van der Waals surface area contributed by atoms with E-state index in [1.165, 1.54) is 0 Å². The molecule has 0 saturated carbocycles. The van der Waals surface area contributed by atoms with Crippen LogP contribution in [0.15, 0.2) is 30.3 Å². The van der Waals surface area contributed by atoms with E-state index >= 15 is 0 Å². The van der Waals surface area contributed by atoms with E-state index in [1.54, 1.807) is 0 Å². The lowest BCUT2D eigenvalue weighted by Gasteiger charge is -2.11. The van der Waals surface area contributed by atoms with Gasteiger partial charge in [0, 0.05) is 12.8 Å². The minimum absolute atomic E-state index is 0.0223. The molecular weight excluding hydrogens is 224 g/mol. The van der Waals surface area contributed by atoms with Crippen LogP contribution in [0.3, 0.4) is 0 Å². The van der Waals surface area contributed by atoms with Gasteiger partial charge in [-0.25, -0.2) is 0 Å². The minimum atomic E-state index is -0.429. The lowest BCUT2D eigenvalue weighted by molar-refractivity contribution is -0.121. The van der Waals surface area contributed by atoms with Crippen LogP contribution < -0.4 is 5.32 Å². The molecule has 96 valence electrons. The fraction of sp³-hybridized carbons (Fsp3) is 0.467. The Labute approximate surface area is 109 Å².